The van der Waals surface area contributed by atoms with Gasteiger partial charge in [-0.1, -0.05) is 31.5 Å². The average molecular weight is 526 g/mol. The standard InChI is InChI=1S/C27H32ClN5O2S/c1-17-5-6-18(2)14-32(13-17)8-3-4-24(35)33-9-7-22-23(15-33)36-27-25(22)26(29-16-30-27)31-20-10-19(28)11-21(34)12-20/h3-4,10-12,16-18,34H,5-9,13-15H2,1-2H3,(H,29,30,31)/b4-3+. The number of phenolic OH excluding ortho intramolecular Hbond substituents is 1. The van der Waals surface area contributed by atoms with E-state index in [1.54, 1.807) is 29.5 Å². The van der Waals surface area contributed by atoms with Crippen LogP contribution in [0.25, 0.3) is 10.2 Å². The van der Waals surface area contributed by atoms with Crippen LogP contribution < -0.4 is 5.32 Å². The van der Waals surface area contributed by atoms with E-state index in [1.165, 1.54) is 30.8 Å². The minimum absolute atomic E-state index is 0.0628. The van der Waals surface area contributed by atoms with Crippen LogP contribution in [0.3, 0.4) is 0 Å². The molecule has 9 heteroatoms. The molecule has 2 aliphatic heterocycles. The summed E-state index contributed by atoms with van der Waals surface area (Å²) in [6, 6.07) is 4.84. The van der Waals surface area contributed by atoms with Crippen molar-refractivity contribution in [2.24, 2.45) is 11.8 Å². The number of fused-ring (bicyclic) bond motifs is 3. The number of hydrogen-bond acceptors (Lipinski definition) is 7. The highest BCUT2D eigenvalue weighted by molar-refractivity contribution is 7.19. The molecule has 1 amide bonds. The number of aromatic nitrogens is 2. The van der Waals surface area contributed by atoms with E-state index >= 15 is 0 Å². The summed E-state index contributed by atoms with van der Waals surface area (Å²) in [5.74, 6) is 2.25. The van der Waals surface area contributed by atoms with Crippen LogP contribution in [-0.4, -0.2) is 57.0 Å². The molecule has 0 radical (unpaired) electrons. The molecule has 36 heavy (non-hydrogen) atoms. The van der Waals surface area contributed by atoms with E-state index in [-0.39, 0.29) is 11.7 Å². The number of carbonyl (C=O) groups excluding carboxylic acids is 1. The number of nitrogens with one attached hydrogen (secondary N) is 1. The molecular formula is C27H32ClN5O2S. The van der Waals surface area contributed by atoms with Crippen LogP contribution in [0, 0.1) is 11.8 Å². The molecule has 0 bridgehead atoms. The largest absolute Gasteiger partial charge is 0.508 e. The number of likely N-dealkylation sites (tertiary alicyclic amines) is 1. The number of anilines is 2. The van der Waals surface area contributed by atoms with Crippen molar-refractivity contribution < 1.29 is 9.90 Å². The first-order chi connectivity index (χ1) is 17.4. The van der Waals surface area contributed by atoms with Crippen LogP contribution in [0.1, 0.15) is 37.1 Å². The van der Waals surface area contributed by atoms with Gasteiger partial charge in [-0.25, -0.2) is 9.97 Å². The molecule has 2 N–H and O–H groups in total. The van der Waals surface area contributed by atoms with E-state index < -0.39 is 0 Å². The molecule has 2 aliphatic rings. The molecule has 5 rings (SSSR count). The molecular weight excluding hydrogens is 494 g/mol. The smallest absolute Gasteiger partial charge is 0.246 e. The SMILES string of the molecule is CC1CCC(C)CN(C/C=C/C(=O)N2CCc3c(sc4ncnc(Nc5cc(O)cc(Cl)c5)c34)C2)C1. The van der Waals surface area contributed by atoms with E-state index in [1.807, 2.05) is 11.0 Å². The maximum Gasteiger partial charge on any atom is 0.246 e. The van der Waals surface area contributed by atoms with Crippen molar-refractivity contribution in [2.45, 2.75) is 39.7 Å². The highest BCUT2D eigenvalue weighted by Crippen LogP contribution is 2.38. The summed E-state index contributed by atoms with van der Waals surface area (Å²) in [6.07, 6.45) is 8.63. The summed E-state index contributed by atoms with van der Waals surface area (Å²) in [7, 11) is 0. The predicted molar refractivity (Wildman–Crippen MR) is 146 cm³/mol. The van der Waals surface area contributed by atoms with Crippen molar-refractivity contribution in [3.63, 3.8) is 0 Å². The fourth-order valence-electron chi connectivity index (χ4n) is 5.26. The van der Waals surface area contributed by atoms with E-state index in [0.717, 1.165) is 41.1 Å². The minimum atomic E-state index is 0.0628. The molecule has 2 atom stereocenters. The molecule has 0 saturated carbocycles. The molecule has 1 saturated heterocycles. The van der Waals surface area contributed by atoms with Gasteiger partial charge in [0.05, 0.1) is 11.9 Å². The van der Waals surface area contributed by atoms with Crippen LogP contribution in [0.4, 0.5) is 11.5 Å². The topological polar surface area (TPSA) is 81.6 Å². The van der Waals surface area contributed by atoms with Gasteiger partial charge in [-0.2, -0.15) is 0 Å². The first-order valence-electron chi connectivity index (χ1n) is 12.6. The summed E-state index contributed by atoms with van der Waals surface area (Å²) >= 11 is 7.71. The van der Waals surface area contributed by atoms with Gasteiger partial charge in [-0.15, -0.1) is 11.3 Å². The fraction of sp³-hybridized carbons (Fsp3) is 0.444. The lowest BCUT2D eigenvalue weighted by Gasteiger charge is -2.26. The number of thiophene rings is 1. The molecule has 7 nitrogen and oxygen atoms in total. The quantitative estimate of drug-likeness (QED) is 0.422. The Kier molecular flexibility index (Phi) is 7.46. The number of phenols is 1. The van der Waals surface area contributed by atoms with Gasteiger partial charge in [0, 0.05) is 53.9 Å². The Hall–Kier alpha value is -2.68. The van der Waals surface area contributed by atoms with Crippen molar-refractivity contribution in [1.29, 1.82) is 0 Å². The number of hydrogen-bond donors (Lipinski definition) is 2. The summed E-state index contributed by atoms with van der Waals surface area (Å²) in [4.78, 5) is 28.3. The van der Waals surface area contributed by atoms with Crippen LogP contribution in [0.15, 0.2) is 36.7 Å². The first-order valence-corrected chi connectivity index (χ1v) is 13.7. The van der Waals surface area contributed by atoms with Gasteiger partial charge in [0.15, 0.2) is 0 Å². The van der Waals surface area contributed by atoms with Crippen LogP contribution in [-0.2, 0) is 17.8 Å². The van der Waals surface area contributed by atoms with Gasteiger partial charge in [0.1, 0.15) is 22.7 Å². The second kappa shape index (κ2) is 10.7. The Morgan fingerprint density at radius 2 is 2.00 bits per heavy atom. The van der Waals surface area contributed by atoms with Gasteiger partial charge in [0.2, 0.25) is 5.91 Å². The number of amides is 1. The minimum Gasteiger partial charge on any atom is -0.508 e. The maximum atomic E-state index is 13.0. The van der Waals surface area contributed by atoms with Gasteiger partial charge >= 0.3 is 0 Å². The lowest BCUT2D eigenvalue weighted by atomic mass is 10.0. The molecule has 1 aromatic carbocycles. The summed E-state index contributed by atoms with van der Waals surface area (Å²) < 4.78 is 0. The Balaban J connectivity index is 1.28. The van der Waals surface area contributed by atoms with Crippen molar-refractivity contribution in [2.75, 3.05) is 31.5 Å². The summed E-state index contributed by atoms with van der Waals surface area (Å²) in [5.41, 5.74) is 1.84. The molecule has 1 fully saturated rings. The highest BCUT2D eigenvalue weighted by Gasteiger charge is 2.26. The maximum absolute atomic E-state index is 13.0. The number of aromatic hydroxyl groups is 1. The third-order valence-electron chi connectivity index (χ3n) is 7.01. The van der Waals surface area contributed by atoms with E-state index in [9.17, 15) is 9.90 Å². The Morgan fingerprint density at radius 3 is 2.75 bits per heavy atom. The third-order valence-corrected chi connectivity index (χ3v) is 8.35. The lowest BCUT2D eigenvalue weighted by molar-refractivity contribution is -0.126. The zero-order valence-electron chi connectivity index (χ0n) is 20.7. The van der Waals surface area contributed by atoms with E-state index in [2.05, 4.69) is 34.0 Å². The van der Waals surface area contributed by atoms with Gasteiger partial charge < -0.3 is 15.3 Å². The second-order valence-electron chi connectivity index (χ2n) is 10.1. The van der Waals surface area contributed by atoms with Gasteiger partial charge in [-0.05, 0) is 48.8 Å². The van der Waals surface area contributed by atoms with E-state index in [0.29, 0.717) is 41.5 Å². The van der Waals surface area contributed by atoms with Crippen molar-refractivity contribution in [3.8, 4) is 5.75 Å². The number of carbonyl (C=O) groups is 1. The third kappa shape index (κ3) is 5.66. The molecule has 190 valence electrons. The Bertz CT molecular complexity index is 1260. The zero-order chi connectivity index (χ0) is 25.2. The zero-order valence-corrected chi connectivity index (χ0v) is 22.3. The Labute approximate surface area is 220 Å². The van der Waals surface area contributed by atoms with Crippen molar-refractivity contribution in [3.05, 3.63) is 52.1 Å². The summed E-state index contributed by atoms with van der Waals surface area (Å²) in [5, 5.41) is 14.6. The number of halogens is 1. The fourth-order valence-corrected chi connectivity index (χ4v) is 6.69. The van der Waals surface area contributed by atoms with Crippen molar-refractivity contribution in [1.82, 2.24) is 19.8 Å². The van der Waals surface area contributed by atoms with Gasteiger partial charge in [-0.3, -0.25) is 9.69 Å². The van der Waals surface area contributed by atoms with Crippen molar-refractivity contribution >= 4 is 50.6 Å². The normalized spacial score (nSPS) is 21.0. The molecule has 2 unspecified atom stereocenters. The van der Waals surface area contributed by atoms with Crippen LogP contribution in [0.5, 0.6) is 5.75 Å². The number of benzene rings is 1. The number of nitrogens with zero attached hydrogens (tertiary/aromatic N) is 4. The van der Waals surface area contributed by atoms with Crippen LogP contribution >= 0.6 is 22.9 Å². The molecule has 4 heterocycles. The second-order valence-corrected chi connectivity index (χ2v) is 11.7. The summed E-state index contributed by atoms with van der Waals surface area (Å²) in [6.45, 7) is 8.90. The molecule has 0 spiro atoms. The van der Waals surface area contributed by atoms with Gasteiger partial charge in [0.25, 0.3) is 0 Å². The monoisotopic (exact) mass is 525 g/mol. The molecule has 0 aliphatic carbocycles. The first kappa shape index (κ1) is 25.0. The molecule has 3 aromatic rings. The molecule has 2 aromatic heterocycles. The average Bonchev–Trinajstić information content (AvgIpc) is 3.12. The highest BCUT2D eigenvalue weighted by atomic mass is 35.5. The van der Waals surface area contributed by atoms with E-state index in [4.69, 9.17) is 11.6 Å². The number of rotatable bonds is 5. The van der Waals surface area contributed by atoms with Crippen LogP contribution in [0.2, 0.25) is 5.02 Å². The predicted octanol–water partition coefficient (Wildman–Crippen LogP) is 5.60. The lowest BCUT2D eigenvalue weighted by Crippen LogP contribution is -2.34. The Morgan fingerprint density at radius 1 is 1.22 bits per heavy atom.